The first kappa shape index (κ1) is 17.1. The van der Waals surface area contributed by atoms with Gasteiger partial charge in [0.15, 0.2) is 5.16 Å². The number of halogens is 2. The largest absolute Gasteiger partial charge is 0.351 e. The third-order valence-corrected chi connectivity index (χ3v) is 4.39. The van der Waals surface area contributed by atoms with Crippen LogP contribution in [-0.2, 0) is 4.79 Å². The molecule has 0 unspecified atom stereocenters. The van der Waals surface area contributed by atoms with Crippen molar-refractivity contribution in [2.45, 2.75) is 12.1 Å². The first-order valence-corrected chi connectivity index (χ1v) is 8.52. The Kier molecular flexibility index (Phi) is 6.05. The normalized spacial score (nSPS) is 10.5. The van der Waals surface area contributed by atoms with E-state index in [1.807, 2.05) is 25.1 Å². The molecule has 1 aromatic carbocycles. The Hall–Kier alpha value is -1.31. The minimum absolute atomic E-state index is 0.0953. The van der Waals surface area contributed by atoms with Crippen LogP contribution in [0.4, 0.5) is 0 Å². The summed E-state index contributed by atoms with van der Waals surface area (Å²) in [5.74, 6) is 0.153. The lowest BCUT2D eigenvalue weighted by Gasteiger charge is -2.08. The van der Waals surface area contributed by atoms with Gasteiger partial charge in [0.05, 0.1) is 11.4 Å². The third-order valence-electron chi connectivity index (χ3n) is 2.76. The number of rotatable bonds is 6. The van der Waals surface area contributed by atoms with Crippen LogP contribution in [0.3, 0.4) is 0 Å². The van der Waals surface area contributed by atoms with Gasteiger partial charge in [-0.2, -0.15) is 0 Å². The summed E-state index contributed by atoms with van der Waals surface area (Å²) >= 11 is 10.6. The van der Waals surface area contributed by atoms with Gasteiger partial charge < -0.3 is 5.32 Å². The molecule has 0 fully saturated rings. The number of aryl methyl sites for hydroxylation is 1. The highest BCUT2D eigenvalue weighted by Crippen LogP contribution is 2.23. The predicted molar refractivity (Wildman–Crippen MR) is 92.9 cm³/mol. The van der Waals surface area contributed by atoms with Crippen LogP contribution < -0.4 is 5.32 Å². The Morgan fingerprint density at radius 2 is 2.32 bits per heavy atom. The maximum Gasteiger partial charge on any atom is 0.230 e. The Balaban J connectivity index is 2.05. The van der Waals surface area contributed by atoms with Crippen molar-refractivity contribution in [1.29, 1.82) is 0 Å². The van der Waals surface area contributed by atoms with Crippen LogP contribution in [0.2, 0.25) is 5.02 Å². The number of nitrogens with zero attached hydrogens (tertiary/aromatic N) is 3. The number of amides is 1. The summed E-state index contributed by atoms with van der Waals surface area (Å²) in [6.45, 7) is 6.01. The number of hydrogen-bond acceptors (Lipinski definition) is 4. The molecule has 0 aliphatic rings. The molecule has 22 heavy (non-hydrogen) atoms. The van der Waals surface area contributed by atoms with E-state index in [2.05, 4.69) is 38.0 Å². The van der Waals surface area contributed by atoms with Gasteiger partial charge in [-0.05, 0) is 24.6 Å². The number of aromatic nitrogens is 3. The highest BCUT2D eigenvalue weighted by atomic mass is 79.9. The lowest BCUT2D eigenvalue weighted by Crippen LogP contribution is -2.26. The average Bonchev–Trinajstić information content (AvgIpc) is 2.94. The van der Waals surface area contributed by atoms with Gasteiger partial charge in [0.1, 0.15) is 6.33 Å². The predicted octanol–water partition coefficient (Wildman–Crippen LogP) is 3.35. The van der Waals surface area contributed by atoms with Crippen LogP contribution in [-0.4, -0.2) is 33.0 Å². The molecule has 0 spiro atoms. The summed E-state index contributed by atoms with van der Waals surface area (Å²) in [5.41, 5.74) is 1.86. The van der Waals surface area contributed by atoms with Gasteiger partial charge >= 0.3 is 0 Å². The Morgan fingerprint density at radius 3 is 3.00 bits per heavy atom. The second-order valence-electron chi connectivity index (χ2n) is 4.50. The number of carbonyl (C=O) groups excluding carboxylic acids is 1. The van der Waals surface area contributed by atoms with Gasteiger partial charge in [-0.1, -0.05) is 51.9 Å². The standard InChI is InChI=1S/C14H14BrClN4OS/c1-9-3-4-11(5-12(9)16)20-8-18-19-14(20)22-7-13(21)17-6-10(2)15/h3-5,8H,2,6-7H2,1H3,(H,17,21). The fraction of sp³-hybridized carbons (Fsp3) is 0.214. The molecule has 8 heteroatoms. The molecule has 0 aliphatic carbocycles. The van der Waals surface area contributed by atoms with E-state index in [0.29, 0.717) is 16.7 Å². The van der Waals surface area contributed by atoms with E-state index in [-0.39, 0.29) is 11.7 Å². The van der Waals surface area contributed by atoms with Gasteiger partial charge in [0.25, 0.3) is 0 Å². The van der Waals surface area contributed by atoms with Gasteiger partial charge in [-0.3, -0.25) is 9.36 Å². The highest BCUT2D eigenvalue weighted by molar-refractivity contribution is 9.11. The summed E-state index contributed by atoms with van der Waals surface area (Å²) in [6, 6.07) is 5.71. The second-order valence-corrected chi connectivity index (χ2v) is 6.97. The Morgan fingerprint density at radius 1 is 1.55 bits per heavy atom. The van der Waals surface area contributed by atoms with E-state index >= 15 is 0 Å². The number of thioether (sulfide) groups is 1. The number of carbonyl (C=O) groups is 1. The molecule has 0 atom stereocenters. The van der Waals surface area contributed by atoms with E-state index in [4.69, 9.17) is 11.6 Å². The molecule has 1 heterocycles. The third kappa shape index (κ3) is 4.59. The molecule has 0 saturated heterocycles. The van der Waals surface area contributed by atoms with E-state index < -0.39 is 0 Å². The van der Waals surface area contributed by atoms with Crippen molar-refractivity contribution in [3.05, 3.63) is 46.2 Å². The molecule has 2 rings (SSSR count). The fourth-order valence-corrected chi connectivity index (χ4v) is 2.68. The lowest BCUT2D eigenvalue weighted by atomic mass is 10.2. The first-order chi connectivity index (χ1) is 10.5. The molecule has 1 aromatic heterocycles. The van der Waals surface area contributed by atoms with Crippen LogP contribution in [0, 0.1) is 6.92 Å². The number of benzene rings is 1. The van der Waals surface area contributed by atoms with Crippen molar-refractivity contribution >= 4 is 45.2 Å². The molecule has 0 aliphatic heterocycles. The SMILES string of the molecule is C=C(Br)CNC(=O)CSc1nncn1-c1ccc(C)c(Cl)c1. The van der Waals surface area contributed by atoms with Crippen LogP contribution in [0.1, 0.15) is 5.56 Å². The molecule has 0 radical (unpaired) electrons. The highest BCUT2D eigenvalue weighted by Gasteiger charge is 2.11. The maximum absolute atomic E-state index is 11.7. The molecule has 116 valence electrons. The zero-order valence-corrected chi connectivity index (χ0v) is 15.0. The summed E-state index contributed by atoms with van der Waals surface area (Å²) in [4.78, 5) is 11.7. The van der Waals surface area contributed by atoms with E-state index in [0.717, 1.165) is 15.7 Å². The summed E-state index contributed by atoms with van der Waals surface area (Å²) < 4.78 is 2.52. The average molecular weight is 402 g/mol. The summed E-state index contributed by atoms with van der Waals surface area (Å²) in [6.07, 6.45) is 1.60. The zero-order chi connectivity index (χ0) is 16.1. The molecular formula is C14H14BrClN4OS. The van der Waals surface area contributed by atoms with E-state index in [1.165, 1.54) is 11.8 Å². The van der Waals surface area contributed by atoms with Crippen LogP contribution in [0.5, 0.6) is 0 Å². The van der Waals surface area contributed by atoms with Crippen molar-refractivity contribution < 1.29 is 4.79 Å². The topological polar surface area (TPSA) is 59.8 Å². The van der Waals surface area contributed by atoms with Crippen molar-refractivity contribution in [3.8, 4) is 5.69 Å². The fourth-order valence-electron chi connectivity index (χ4n) is 1.61. The lowest BCUT2D eigenvalue weighted by molar-refractivity contribution is -0.118. The van der Waals surface area contributed by atoms with Crippen LogP contribution in [0.15, 0.2) is 40.7 Å². The molecule has 1 amide bonds. The van der Waals surface area contributed by atoms with Crippen LogP contribution >= 0.6 is 39.3 Å². The van der Waals surface area contributed by atoms with Crippen molar-refractivity contribution in [3.63, 3.8) is 0 Å². The van der Waals surface area contributed by atoms with Crippen molar-refractivity contribution in [2.24, 2.45) is 0 Å². The second kappa shape index (κ2) is 7.80. The minimum Gasteiger partial charge on any atom is -0.351 e. The molecule has 2 aromatic rings. The van der Waals surface area contributed by atoms with Gasteiger partial charge in [0, 0.05) is 16.0 Å². The van der Waals surface area contributed by atoms with Gasteiger partial charge in [-0.15, -0.1) is 10.2 Å². The van der Waals surface area contributed by atoms with Crippen molar-refractivity contribution in [2.75, 3.05) is 12.3 Å². The maximum atomic E-state index is 11.7. The quantitative estimate of drug-likeness (QED) is 0.754. The molecule has 1 N–H and O–H groups in total. The summed E-state index contributed by atoms with van der Waals surface area (Å²) in [7, 11) is 0. The minimum atomic E-state index is -0.0953. The van der Waals surface area contributed by atoms with Gasteiger partial charge in [-0.25, -0.2) is 0 Å². The number of hydrogen-bond donors (Lipinski definition) is 1. The van der Waals surface area contributed by atoms with Gasteiger partial charge in [0.2, 0.25) is 5.91 Å². The smallest absolute Gasteiger partial charge is 0.230 e. The first-order valence-electron chi connectivity index (χ1n) is 6.36. The number of nitrogens with one attached hydrogen (secondary N) is 1. The summed E-state index contributed by atoms with van der Waals surface area (Å²) in [5, 5.41) is 12.0. The molecular weight excluding hydrogens is 388 g/mol. The van der Waals surface area contributed by atoms with Crippen molar-refractivity contribution in [1.82, 2.24) is 20.1 Å². The molecule has 5 nitrogen and oxygen atoms in total. The Labute approximate surface area is 146 Å². The molecule has 0 bridgehead atoms. The monoisotopic (exact) mass is 400 g/mol. The zero-order valence-electron chi connectivity index (χ0n) is 11.8. The van der Waals surface area contributed by atoms with E-state index in [9.17, 15) is 4.79 Å². The Bertz CT molecular complexity index is 704. The molecule has 0 saturated carbocycles. The van der Waals surface area contributed by atoms with Crippen LogP contribution in [0.25, 0.3) is 5.69 Å². The van der Waals surface area contributed by atoms with E-state index in [1.54, 1.807) is 10.9 Å².